The first-order chi connectivity index (χ1) is 11.2. The van der Waals surface area contributed by atoms with Gasteiger partial charge in [0.25, 0.3) is 0 Å². The van der Waals surface area contributed by atoms with Gasteiger partial charge in [-0.25, -0.2) is 4.98 Å². The molecule has 0 unspecified atom stereocenters. The fourth-order valence-electron chi connectivity index (χ4n) is 2.93. The number of nitrogens with zero attached hydrogens (tertiary/aromatic N) is 2. The first-order valence-electron chi connectivity index (χ1n) is 7.61. The van der Waals surface area contributed by atoms with E-state index >= 15 is 0 Å². The van der Waals surface area contributed by atoms with E-state index in [2.05, 4.69) is 11.1 Å². The molecule has 0 aliphatic carbocycles. The second-order valence-corrected chi connectivity index (χ2v) is 6.55. The average Bonchev–Trinajstić information content (AvgIpc) is 3.27. The molecule has 3 heterocycles. The van der Waals surface area contributed by atoms with Crippen LogP contribution in [0.1, 0.15) is 17.0 Å². The largest absolute Gasteiger partial charge is 0.440 e. The Bertz CT molecular complexity index is 852. The molecule has 116 valence electrons. The zero-order valence-electron chi connectivity index (χ0n) is 12.8. The number of oxazole rings is 1. The number of hydrogen-bond donors (Lipinski definition) is 0. The highest BCUT2D eigenvalue weighted by Crippen LogP contribution is 2.29. The van der Waals surface area contributed by atoms with Crippen LogP contribution in [-0.4, -0.2) is 17.4 Å². The summed E-state index contributed by atoms with van der Waals surface area (Å²) in [4.78, 5) is 20.0. The number of para-hydroxylation sites is 1. The Labute approximate surface area is 138 Å². The molecule has 1 amide bonds. The van der Waals surface area contributed by atoms with Crippen molar-refractivity contribution in [1.29, 1.82) is 0 Å². The lowest BCUT2D eigenvalue weighted by molar-refractivity contribution is -0.117. The molecule has 2 aromatic heterocycles. The number of thiophene rings is 1. The van der Waals surface area contributed by atoms with Gasteiger partial charge < -0.3 is 9.32 Å². The predicted octanol–water partition coefficient (Wildman–Crippen LogP) is 3.84. The van der Waals surface area contributed by atoms with Gasteiger partial charge in [-0.05, 0) is 36.4 Å². The third kappa shape index (κ3) is 2.57. The summed E-state index contributed by atoms with van der Waals surface area (Å²) in [6, 6.07) is 12.0. The molecule has 23 heavy (non-hydrogen) atoms. The predicted molar refractivity (Wildman–Crippen MR) is 90.8 cm³/mol. The topological polar surface area (TPSA) is 46.3 Å². The number of carbonyl (C=O) groups is 1. The van der Waals surface area contributed by atoms with Crippen LogP contribution < -0.4 is 4.90 Å². The smallest absolute Gasteiger partial charge is 0.236 e. The van der Waals surface area contributed by atoms with Gasteiger partial charge in [-0.3, -0.25) is 4.79 Å². The Kier molecular flexibility index (Phi) is 3.50. The Balaban J connectivity index is 1.56. The van der Waals surface area contributed by atoms with Gasteiger partial charge in [-0.1, -0.05) is 24.3 Å². The van der Waals surface area contributed by atoms with E-state index in [1.807, 2.05) is 47.5 Å². The number of rotatable bonds is 3. The molecule has 1 aliphatic heterocycles. The molecule has 0 saturated heterocycles. The van der Waals surface area contributed by atoms with Gasteiger partial charge in [-0.2, -0.15) is 0 Å². The summed E-state index contributed by atoms with van der Waals surface area (Å²) < 4.78 is 5.72. The van der Waals surface area contributed by atoms with Crippen molar-refractivity contribution in [1.82, 2.24) is 4.98 Å². The van der Waals surface area contributed by atoms with Crippen LogP contribution in [-0.2, 0) is 17.6 Å². The van der Waals surface area contributed by atoms with Gasteiger partial charge in [0.05, 0.1) is 17.0 Å². The second kappa shape index (κ2) is 5.66. The number of hydrogen-bond acceptors (Lipinski definition) is 4. The lowest BCUT2D eigenvalue weighted by Crippen LogP contribution is -2.30. The third-order valence-corrected chi connectivity index (χ3v) is 4.99. The summed E-state index contributed by atoms with van der Waals surface area (Å²) in [6.07, 6.45) is 1.19. The van der Waals surface area contributed by atoms with Crippen molar-refractivity contribution in [3.05, 3.63) is 58.8 Å². The van der Waals surface area contributed by atoms with Crippen LogP contribution in [0.3, 0.4) is 0 Å². The maximum atomic E-state index is 12.7. The van der Waals surface area contributed by atoms with Crippen LogP contribution in [0.15, 0.2) is 46.2 Å². The SMILES string of the molecule is Cc1oc(-c2cccs2)nc1CC(=O)N1CCc2ccccc21. The molecule has 0 spiro atoms. The summed E-state index contributed by atoms with van der Waals surface area (Å²) in [6.45, 7) is 2.61. The molecule has 0 saturated carbocycles. The maximum Gasteiger partial charge on any atom is 0.236 e. The summed E-state index contributed by atoms with van der Waals surface area (Å²) in [5.74, 6) is 1.39. The molecule has 0 atom stereocenters. The molecule has 4 nitrogen and oxygen atoms in total. The van der Waals surface area contributed by atoms with Gasteiger partial charge in [-0.15, -0.1) is 11.3 Å². The lowest BCUT2D eigenvalue weighted by Gasteiger charge is -2.16. The van der Waals surface area contributed by atoms with Crippen LogP contribution >= 0.6 is 11.3 Å². The van der Waals surface area contributed by atoms with Crippen LogP contribution in [0.5, 0.6) is 0 Å². The zero-order chi connectivity index (χ0) is 15.8. The van der Waals surface area contributed by atoms with Gasteiger partial charge >= 0.3 is 0 Å². The third-order valence-electron chi connectivity index (χ3n) is 4.13. The number of benzene rings is 1. The Morgan fingerprint density at radius 3 is 3.00 bits per heavy atom. The van der Waals surface area contributed by atoms with Crippen molar-refractivity contribution in [2.24, 2.45) is 0 Å². The van der Waals surface area contributed by atoms with Crippen LogP contribution in [0, 0.1) is 6.92 Å². The maximum absolute atomic E-state index is 12.7. The second-order valence-electron chi connectivity index (χ2n) is 5.60. The minimum atomic E-state index is 0.0732. The van der Waals surface area contributed by atoms with Crippen molar-refractivity contribution in [2.45, 2.75) is 19.8 Å². The molecule has 4 rings (SSSR count). The molecule has 5 heteroatoms. The van der Waals surface area contributed by atoms with E-state index in [-0.39, 0.29) is 12.3 Å². The first kappa shape index (κ1) is 14.2. The van der Waals surface area contributed by atoms with Gasteiger partial charge in [0.15, 0.2) is 0 Å². The highest BCUT2D eigenvalue weighted by Gasteiger charge is 2.25. The van der Waals surface area contributed by atoms with Crippen molar-refractivity contribution >= 4 is 22.9 Å². The van der Waals surface area contributed by atoms with Crippen molar-refractivity contribution in [3.63, 3.8) is 0 Å². The van der Waals surface area contributed by atoms with E-state index in [1.54, 1.807) is 11.3 Å². The summed E-state index contributed by atoms with van der Waals surface area (Å²) >= 11 is 1.58. The highest BCUT2D eigenvalue weighted by atomic mass is 32.1. The molecule has 0 N–H and O–H groups in total. The summed E-state index contributed by atoms with van der Waals surface area (Å²) in [5, 5.41) is 1.99. The van der Waals surface area contributed by atoms with Gasteiger partial charge in [0, 0.05) is 12.2 Å². The molecule has 3 aromatic rings. The number of amides is 1. The van der Waals surface area contributed by atoms with Crippen molar-refractivity contribution in [3.8, 4) is 10.8 Å². The summed E-state index contributed by atoms with van der Waals surface area (Å²) in [5.41, 5.74) is 2.98. The van der Waals surface area contributed by atoms with Crippen molar-refractivity contribution in [2.75, 3.05) is 11.4 Å². The Morgan fingerprint density at radius 1 is 1.30 bits per heavy atom. The van der Waals surface area contributed by atoms with E-state index in [4.69, 9.17) is 4.42 Å². The highest BCUT2D eigenvalue weighted by molar-refractivity contribution is 7.13. The molecule has 0 radical (unpaired) electrons. The lowest BCUT2D eigenvalue weighted by atomic mass is 10.2. The number of fused-ring (bicyclic) bond motifs is 1. The fourth-order valence-corrected chi connectivity index (χ4v) is 3.58. The first-order valence-corrected chi connectivity index (χ1v) is 8.49. The quantitative estimate of drug-likeness (QED) is 0.735. The number of aryl methyl sites for hydroxylation is 1. The van der Waals surface area contributed by atoms with E-state index < -0.39 is 0 Å². The molecular formula is C18H16N2O2S. The molecule has 0 bridgehead atoms. The van der Waals surface area contributed by atoms with Crippen molar-refractivity contribution < 1.29 is 9.21 Å². The molecular weight excluding hydrogens is 308 g/mol. The van der Waals surface area contributed by atoms with E-state index in [9.17, 15) is 4.79 Å². The van der Waals surface area contributed by atoms with Crippen LogP contribution in [0.25, 0.3) is 10.8 Å². The molecule has 1 aliphatic rings. The number of aromatic nitrogens is 1. The average molecular weight is 324 g/mol. The normalized spacial score (nSPS) is 13.3. The van der Waals surface area contributed by atoms with E-state index in [0.29, 0.717) is 11.7 Å². The molecule has 1 aromatic carbocycles. The fraction of sp³-hybridized carbons (Fsp3) is 0.222. The Morgan fingerprint density at radius 2 is 2.17 bits per heavy atom. The minimum Gasteiger partial charge on any atom is -0.440 e. The van der Waals surface area contributed by atoms with Gasteiger partial charge in [0.1, 0.15) is 5.76 Å². The van der Waals surface area contributed by atoms with Gasteiger partial charge in [0.2, 0.25) is 11.8 Å². The van der Waals surface area contributed by atoms with Crippen LogP contribution in [0.2, 0.25) is 0 Å². The molecule has 0 fully saturated rings. The van der Waals surface area contributed by atoms with E-state index in [1.165, 1.54) is 5.56 Å². The number of carbonyl (C=O) groups excluding carboxylic acids is 1. The Hall–Kier alpha value is -2.40. The zero-order valence-corrected chi connectivity index (χ0v) is 13.6. The van der Waals surface area contributed by atoms with E-state index in [0.717, 1.165) is 29.2 Å². The van der Waals surface area contributed by atoms with Crippen LogP contribution in [0.4, 0.5) is 5.69 Å². The number of anilines is 1. The standard InChI is InChI=1S/C18H16N2O2S/c1-12-14(19-18(22-12)16-7-4-10-23-16)11-17(21)20-9-8-13-5-2-3-6-15(13)20/h2-7,10H,8-9,11H2,1H3. The minimum absolute atomic E-state index is 0.0732. The summed E-state index contributed by atoms with van der Waals surface area (Å²) in [7, 11) is 0. The monoisotopic (exact) mass is 324 g/mol.